The van der Waals surface area contributed by atoms with Crippen LogP contribution in [0.1, 0.15) is 91.2 Å². The lowest BCUT2D eigenvalue weighted by Gasteiger charge is -2.53. The molecule has 4 fully saturated rings. The van der Waals surface area contributed by atoms with E-state index in [0.717, 1.165) is 48.3 Å². The molecule has 5 heteroatoms. The molecule has 4 nitrogen and oxygen atoms in total. The smallest absolute Gasteiger partial charge is 0.457 e. The Kier molecular flexibility index (Phi) is 4.77. The van der Waals surface area contributed by atoms with E-state index in [0.29, 0.717) is 11.8 Å². The zero-order valence-corrected chi connectivity index (χ0v) is 24.0. The van der Waals surface area contributed by atoms with E-state index in [2.05, 4.69) is 77.9 Å². The van der Waals surface area contributed by atoms with Crippen molar-refractivity contribution in [3.05, 3.63) is 59.7 Å². The number of hydrogen-bond donors (Lipinski definition) is 0. The van der Waals surface area contributed by atoms with Crippen LogP contribution in [0.5, 0.6) is 11.5 Å². The molecule has 5 aliphatic rings. The summed E-state index contributed by atoms with van der Waals surface area (Å²) in [6, 6.07) is 16.6. The van der Waals surface area contributed by atoms with Gasteiger partial charge in [-0.3, -0.25) is 0 Å². The summed E-state index contributed by atoms with van der Waals surface area (Å²) in [5, 5.41) is 0. The Balaban J connectivity index is 1.53. The molecule has 2 aromatic rings. The fourth-order valence-corrected chi connectivity index (χ4v) is 12.0. The summed E-state index contributed by atoms with van der Waals surface area (Å²) in [5.41, 5.74) is -0.320. The first-order valence-corrected chi connectivity index (χ1v) is 15.2. The fraction of sp³-hybridized carbons (Fsp3) is 0.625. The molecule has 6 unspecified atom stereocenters. The summed E-state index contributed by atoms with van der Waals surface area (Å²) in [4.78, 5) is 0. The highest BCUT2D eigenvalue weighted by molar-refractivity contribution is 7.33. The zero-order chi connectivity index (χ0) is 26.1. The van der Waals surface area contributed by atoms with Crippen LogP contribution in [0.4, 0.5) is 0 Å². The molecular formula is C32H40O4P+. The summed E-state index contributed by atoms with van der Waals surface area (Å²) >= 11 is 0. The number of hydrogen-bond acceptors (Lipinski definition) is 4. The van der Waals surface area contributed by atoms with E-state index in [1.165, 1.54) is 12.8 Å². The van der Waals surface area contributed by atoms with Gasteiger partial charge in [-0.05, 0) is 62.5 Å². The SMILES string of the molecule is CC12CCC(C1)C(C)(C)C21O[P+](=O)OC2(c3ccccc3Oc3ccccc31)C1(C)CCC(C1)C2(C)C. The van der Waals surface area contributed by atoms with Crippen molar-refractivity contribution < 1.29 is 18.3 Å². The first kappa shape index (κ1) is 24.3. The van der Waals surface area contributed by atoms with Gasteiger partial charge in [0.15, 0.2) is 11.2 Å². The fourth-order valence-electron chi connectivity index (χ4n) is 10.4. The van der Waals surface area contributed by atoms with Crippen molar-refractivity contribution in [2.24, 2.45) is 33.5 Å². The van der Waals surface area contributed by atoms with Gasteiger partial charge in [-0.2, -0.15) is 0 Å². The van der Waals surface area contributed by atoms with Gasteiger partial charge in [-0.15, -0.1) is 9.05 Å². The predicted octanol–water partition coefficient (Wildman–Crippen LogP) is 9.27. The van der Waals surface area contributed by atoms with E-state index < -0.39 is 19.5 Å². The molecule has 2 aromatic carbocycles. The third kappa shape index (κ3) is 2.64. The molecule has 4 saturated carbocycles. The van der Waals surface area contributed by atoms with Crippen LogP contribution < -0.4 is 4.74 Å². The van der Waals surface area contributed by atoms with Crippen LogP contribution in [-0.2, 0) is 24.8 Å². The molecule has 4 bridgehead atoms. The maximum atomic E-state index is 14.5. The Morgan fingerprint density at radius 2 is 1.08 bits per heavy atom. The largest absolute Gasteiger partial charge is 0.699 e. The highest BCUT2D eigenvalue weighted by Crippen LogP contribution is 2.79. The summed E-state index contributed by atoms with van der Waals surface area (Å²) in [6.45, 7) is 13.9. The lowest BCUT2D eigenvalue weighted by atomic mass is 9.57. The van der Waals surface area contributed by atoms with Crippen molar-refractivity contribution in [3.63, 3.8) is 0 Å². The van der Waals surface area contributed by atoms with Crippen molar-refractivity contribution >= 4 is 8.25 Å². The minimum Gasteiger partial charge on any atom is -0.457 e. The molecule has 0 radical (unpaired) electrons. The standard InChI is InChI=1S/C32H40O4P/c1-27(2)21-15-17-29(5,19-21)31(27)23-11-7-9-13-25(23)34-26-14-10-8-12-24(26)32(36-37(33)35-31)28(3,4)22-16-18-30(32,6)20-22/h7-14,21-22H,15-20H2,1-6H3/q+1. The van der Waals surface area contributed by atoms with E-state index in [9.17, 15) is 4.57 Å². The molecular weight excluding hydrogens is 479 g/mol. The molecule has 37 heavy (non-hydrogen) atoms. The molecule has 0 saturated heterocycles. The van der Waals surface area contributed by atoms with Crippen molar-refractivity contribution in [1.29, 1.82) is 0 Å². The van der Waals surface area contributed by atoms with Crippen LogP contribution in [0.2, 0.25) is 0 Å². The van der Waals surface area contributed by atoms with Gasteiger partial charge in [0.1, 0.15) is 11.5 Å². The molecule has 0 aromatic heterocycles. The van der Waals surface area contributed by atoms with E-state index in [4.69, 9.17) is 13.8 Å². The van der Waals surface area contributed by atoms with Gasteiger partial charge in [0.2, 0.25) is 0 Å². The summed E-state index contributed by atoms with van der Waals surface area (Å²) in [7, 11) is -2.44. The van der Waals surface area contributed by atoms with Crippen LogP contribution in [0.15, 0.2) is 48.5 Å². The maximum absolute atomic E-state index is 14.5. The highest BCUT2D eigenvalue weighted by atomic mass is 31.1. The van der Waals surface area contributed by atoms with E-state index in [1.807, 2.05) is 12.1 Å². The van der Waals surface area contributed by atoms with Gasteiger partial charge in [-0.1, -0.05) is 77.9 Å². The average molecular weight is 520 g/mol. The first-order valence-electron chi connectivity index (χ1n) is 14.1. The van der Waals surface area contributed by atoms with E-state index in [1.54, 1.807) is 0 Å². The molecule has 6 atom stereocenters. The Morgan fingerprint density at radius 3 is 1.46 bits per heavy atom. The summed E-state index contributed by atoms with van der Waals surface area (Å²) in [5.74, 6) is 2.61. The zero-order valence-electron chi connectivity index (χ0n) is 23.1. The third-order valence-corrected chi connectivity index (χ3v) is 13.1. The third-order valence-electron chi connectivity index (χ3n) is 12.2. The lowest BCUT2D eigenvalue weighted by molar-refractivity contribution is -0.166. The van der Waals surface area contributed by atoms with Crippen molar-refractivity contribution in [2.75, 3.05) is 0 Å². The lowest BCUT2D eigenvalue weighted by Crippen LogP contribution is -2.55. The first-order chi connectivity index (χ1) is 17.4. The molecule has 4 aliphatic carbocycles. The Morgan fingerprint density at radius 1 is 0.676 bits per heavy atom. The van der Waals surface area contributed by atoms with Crippen LogP contribution >= 0.6 is 8.25 Å². The number of rotatable bonds is 0. The van der Waals surface area contributed by atoms with Gasteiger partial charge >= 0.3 is 8.25 Å². The van der Waals surface area contributed by atoms with E-state index in [-0.39, 0.29) is 21.7 Å². The van der Waals surface area contributed by atoms with Crippen LogP contribution in [0, 0.1) is 33.5 Å². The van der Waals surface area contributed by atoms with Crippen LogP contribution in [-0.4, -0.2) is 0 Å². The number of fused-ring (bicyclic) bond motifs is 10. The molecule has 1 heterocycles. The summed E-state index contributed by atoms with van der Waals surface area (Å²) < 4.78 is 35.5. The van der Waals surface area contributed by atoms with Crippen molar-refractivity contribution in [2.45, 2.75) is 91.3 Å². The van der Waals surface area contributed by atoms with Gasteiger partial charge in [0, 0.05) is 37.4 Å². The van der Waals surface area contributed by atoms with Crippen molar-refractivity contribution in [3.8, 4) is 11.5 Å². The molecule has 0 N–H and O–H groups in total. The molecule has 196 valence electrons. The van der Waals surface area contributed by atoms with Gasteiger partial charge in [0.05, 0.1) is 0 Å². The van der Waals surface area contributed by atoms with Crippen LogP contribution in [0.25, 0.3) is 0 Å². The van der Waals surface area contributed by atoms with Gasteiger partial charge < -0.3 is 4.74 Å². The number of para-hydroxylation sites is 2. The Labute approximate surface area is 222 Å². The molecule has 0 amide bonds. The summed E-state index contributed by atoms with van der Waals surface area (Å²) in [6.07, 6.45) is 6.57. The predicted molar refractivity (Wildman–Crippen MR) is 145 cm³/mol. The van der Waals surface area contributed by atoms with Gasteiger partial charge in [-0.25, -0.2) is 0 Å². The number of benzene rings is 2. The Hall–Kier alpha value is -1.74. The monoisotopic (exact) mass is 519 g/mol. The normalized spacial score (nSPS) is 43.6. The topological polar surface area (TPSA) is 44.8 Å². The molecule has 1 aliphatic heterocycles. The second-order valence-corrected chi connectivity index (χ2v) is 15.1. The minimum atomic E-state index is -2.44. The van der Waals surface area contributed by atoms with Gasteiger partial charge in [0.25, 0.3) is 0 Å². The van der Waals surface area contributed by atoms with Crippen molar-refractivity contribution in [1.82, 2.24) is 0 Å². The second kappa shape index (κ2) is 7.26. The van der Waals surface area contributed by atoms with Crippen LogP contribution in [0.3, 0.4) is 0 Å². The average Bonchev–Trinajstić information content (AvgIpc) is 3.53. The Bertz CT molecular complexity index is 1210. The number of ether oxygens (including phenoxy) is 1. The molecule has 7 rings (SSSR count). The second-order valence-electron chi connectivity index (χ2n) is 14.3. The maximum Gasteiger partial charge on any atom is 0.699 e. The highest BCUT2D eigenvalue weighted by Gasteiger charge is 2.78. The minimum absolute atomic E-state index is 0.158. The molecule has 2 spiro atoms. The quantitative estimate of drug-likeness (QED) is 0.325. The van der Waals surface area contributed by atoms with E-state index >= 15 is 0 Å².